The molecule has 1 aromatic heterocycles. The predicted octanol–water partition coefficient (Wildman–Crippen LogP) is 5.16. The molecule has 0 aliphatic carbocycles. The number of ether oxygens (including phenoxy) is 1. The fourth-order valence-corrected chi connectivity index (χ4v) is 3.25. The topological polar surface area (TPSA) is 22.4 Å². The van der Waals surface area contributed by atoms with Gasteiger partial charge in [-0.05, 0) is 56.9 Å². The molecule has 1 aromatic carbocycles. The van der Waals surface area contributed by atoms with Crippen LogP contribution < -0.4 is 4.74 Å². The first kappa shape index (κ1) is 15.0. The number of methoxy groups -OCH3 is 1. The highest BCUT2D eigenvalue weighted by Crippen LogP contribution is 2.38. The van der Waals surface area contributed by atoms with Crippen molar-refractivity contribution in [2.45, 2.75) is 40.0 Å². The van der Waals surface area contributed by atoms with Crippen molar-refractivity contribution >= 4 is 11.6 Å². The summed E-state index contributed by atoms with van der Waals surface area (Å²) in [6.45, 7) is 10.1. The lowest BCUT2D eigenvalue weighted by molar-refractivity contribution is 0.408. The van der Waals surface area contributed by atoms with E-state index in [1.54, 1.807) is 7.11 Å². The van der Waals surface area contributed by atoms with Crippen LogP contribution in [0.3, 0.4) is 0 Å². The van der Waals surface area contributed by atoms with Crippen LogP contribution in [0.2, 0.25) is 0 Å². The Labute approximate surface area is 125 Å². The second kappa shape index (κ2) is 5.53. The lowest BCUT2D eigenvalue weighted by Crippen LogP contribution is -1.99. The molecule has 3 heteroatoms. The van der Waals surface area contributed by atoms with E-state index in [-0.39, 0.29) is 5.38 Å². The zero-order chi connectivity index (χ0) is 15.0. The number of hydrogen-bond acceptors (Lipinski definition) is 2. The van der Waals surface area contributed by atoms with Gasteiger partial charge in [0.15, 0.2) is 0 Å². The van der Waals surface area contributed by atoms with E-state index in [2.05, 4.69) is 19.1 Å². The molecule has 2 aromatic rings. The number of benzene rings is 1. The number of rotatable bonds is 3. The first-order chi connectivity index (χ1) is 9.36. The third-order valence-corrected chi connectivity index (χ3v) is 4.32. The van der Waals surface area contributed by atoms with E-state index in [4.69, 9.17) is 20.8 Å². The van der Waals surface area contributed by atoms with E-state index in [1.807, 2.05) is 27.7 Å². The Morgan fingerprint density at radius 1 is 1.00 bits per heavy atom. The van der Waals surface area contributed by atoms with E-state index in [0.29, 0.717) is 0 Å². The Bertz CT molecular complexity index is 618. The summed E-state index contributed by atoms with van der Waals surface area (Å²) in [6, 6.07) is 4.18. The normalized spacial score (nSPS) is 12.6. The van der Waals surface area contributed by atoms with Crippen LogP contribution in [0.5, 0.6) is 5.75 Å². The molecule has 0 bridgehead atoms. The molecule has 0 aliphatic rings. The van der Waals surface area contributed by atoms with Gasteiger partial charge >= 0.3 is 0 Å². The second-order valence-corrected chi connectivity index (χ2v) is 5.74. The molecule has 0 saturated heterocycles. The summed E-state index contributed by atoms with van der Waals surface area (Å²) in [5.74, 6) is 2.76. The molecule has 0 saturated carbocycles. The molecule has 1 heterocycles. The van der Waals surface area contributed by atoms with Crippen molar-refractivity contribution in [3.05, 3.63) is 51.5 Å². The van der Waals surface area contributed by atoms with Crippen LogP contribution in [0.4, 0.5) is 0 Å². The Kier molecular flexibility index (Phi) is 4.14. The molecule has 0 aliphatic heterocycles. The van der Waals surface area contributed by atoms with Crippen molar-refractivity contribution < 1.29 is 9.15 Å². The van der Waals surface area contributed by atoms with Crippen LogP contribution in [-0.4, -0.2) is 7.11 Å². The second-order valence-electron chi connectivity index (χ2n) is 5.30. The van der Waals surface area contributed by atoms with Gasteiger partial charge in [0.2, 0.25) is 0 Å². The van der Waals surface area contributed by atoms with E-state index >= 15 is 0 Å². The van der Waals surface area contributed by atoms with E-state index in [1.165, 1.54) is 0 Å². The first-order valence-corrected chi connectivity index (χ1v) is 7.16. The van der Waals surface area contributed by atoms with Crippen molar-refractivity contribution in [1.29, 1.82) is 0 Å². The van der Waals surface area contributed by atoms with Crippen LogP contribution in [0.15, 0.2) is 16.5 Å². The largest absolute Gasteiger partial charge is 0.496 e. The van der Waals surface area contributed by atoms with Gasteiger partial charge in [0.05, 0.1) is 12.5 Å². The van der Waals surface area contributed by atoms with Crippen LogP contribution in [0, 0.1) is 34.6 Å². The zero-order valence-corrected chi connectivity index (χ0v) is 13.7. The molecule has 1 unspecified atom stereocenters. The summed E-state index contributed by atoms with van der Waals surface area (Å²) in [5.41, 5.74) is 5.49. The Balaban J connectivity index is 2.51. The van der Waals surface area contributed by atoms with Crippen LogP contribution in [0.25, 0.3) is 0 Å². The molecule has 0 N–H and O–H groups in total. The average molecular weight is 293 g/mol. The highest BCUT2D eigenvalue weighted by molar-refractivity contribution is 6.22. The monoisotopic (exact) mass is 292 g/mol. The molecule has 0 radical (unpaired) electrons. The van der Waals surface area contributed by atoms with Gasteiger partial charge in [0.1, 0.15) is 17.3 Å². The van der Waals surface area contributed by atoms with Gasteiger partial charge in [-0.1, -0.05) is 12.1 Å². The summed E-state index contributed by atoms with van der Waals surface area (Å²) in [6.07, 6.45) is 0. The molecular formula is C17H21ClO2. The van der Waals surface area contributed by atoms with Gasteiger partial charge in [-0.2, -0.15) is 0 Å². The van der Waals surface area contributed by atoms with Crippen molar-refractivity contribution in [1.82, 2.24) is 0 Å². The third kappa shape index (κ3) is 2.45. The molecule has 20 heavy (non-hydrogen) atoms. The molecule has 2 nitrogen and oxygen atoms in total. The fraction of sp³-hybridized carbons (Fsp3) is 0.412. The van der Waals surface area contributed by atoms with Crippen molar-refractivity contribution in [2.75, 3.05) is 7.11 Å². The maximum atomic E-state index is 6.69. The first-order valence-electron chi connectivity index (χ1n) is 6.72. The van der Waals surface area contributed by atoms with Gasteiger partial charge in [-0.25, -0.2) is 0 Å². The Morgan fingerprint density at radius 2 is 1.55 bits per heavy atom. The summed E-state index contributed by atoms with van der Waals surface area (Å²) >= 11 is 6.69. The molecule has 1 atom stereocenters. The fourth-order valence-electron chi connectivity index (χ4n) is 2.80. The molecule has 0 fully saturated rings. The van der Waals surface area contributed by atoms with Crippen LogP contribution >= 0.6 is 11.6 Å². The maximum Gasteiger partial charge on any atom is 0.124 e. The molecule has 0 spiro atoms. The third-order valence-electron chi connectivity index (χ3n) is 3.85. The maximum absolute atomic E-state index is 6.69. The highest BCUT2D eigenvalue weighted by atomic mass is 35.5. The number of furan rings is 1. The number of alkyl halides is 1. The molecule has 2 rings (SSSR count). The standard InChI is InChI=1S/C17H21ClO2/c1-9-7-14(8-10(2)17(9)19-6)16(18)15-11(3)12(4)20-13(15)5/h7-8,16H,1-6H3. The minimum atomic E-state index is -0.198. The lowest BCUT2D eigenvalue weighted by atomic mass is 9.97. The quantitative estimate of drug-likeness (QED) is 0.729. The summed E-state index contributed by atoms with van der Waals surface area (Å²) in [4.78, 5) is 0. The van der Waals surface area contributed by atoms with Gasteiger partial charge in [-0.15, -0.1) is 11.6 Å². The Morgan fingerprint density at radius 3 is 1.95 bits per heavy atom. The van der Waals surface area contributed by atoms with Gasteiger partial charge in [0, 0.05) is 5.56 Å². The Hall–Kier alpha value is -1.41. The minimum Gasteiger partial charge on any atom is -0.496 e. The SMILES string of the molecule is COc1c(C)cc(C(Cl)c2c(C)oc(C)c2C)cc1C. The molecular weight excluding hydrogens is 272 g/mol. The van der Waals surface area contributed by atoms with Gasteiger partial charge in [-0.3, -0.25) is 0 Å². The van der Waals surface area contributed by atoms with E-state index in [0.717, 1.165) is 45.1 Å². The number of hydrogen-bond donors (Lipinski definition) is 0. The summed E-state index contributed by atoms with van der Waals surface area (Å²) < 4.78 is 11.1. The van der Waals surface area contributed by atoms with Gasteiger partial charge < -0.3 is 9.15 Å². The van der Waals surface area contributed by atoms with Crippen LogP contribution in [0.1, 0.15) is 44.7 Å². The van der Waals surface area contributed by atoms with Crippen LogP contribution in [-0.2, 0) is 0 Å². The van der Waals surface area contributed by atoms with E-state index < -0.39 is 0 Å². The average Bonchev–Trinajstić information content (AvgIpc) is 2.62. The zero-order valence-electron chi connectivity index (χ0n) is 12.9. The minimum absolute atomic E-state index is 0.198. The summed E-state index contributed by atoms with van der Waals surface area (Å²) in [5, 5.41) is -0.198. The smallest absolute Gasteiger partial charge is 0.124 e. The molecule has 108 valence electrons. The number of halogens is 1. The van der Waals surface area contributed by atoms with Crippen molar-refractivity contribution in [3.8, 4) is 5.75 Å². The van der Waals surface area contributed by atoms with Gasteiger partial charge in [0.25, 0.3) is 0 Å². The lowest BCUT2D eigenvalue weighted by Gasteiger charge is -2.15. The number of aryl methyl sites for hydroxylation is 4. The van der Waals surface area contributed by atoms with E-state index in [9.17, 15) is 0 Å². The summed E-state index contributed by atoms with van der Waals surface area (Å²) in [7, 11) is 1.70. The predicted molar refractivity (Wildman–Crippen MR) is 83.1 cm³/mol. The van der Waals surface area contributed by atoms with Crippen molar-refractivity contribution in [3.63, 3.8) is 0 Å². The highest BCUT2D eigenvalue weighted by Gasteiger charge is 2.22. The molecule has 0 amide bonds. The van der Waals surface area contributed by atoms with Crippen molar-refractivity contribution in [2.24, 2.45) is 0 Å².